The quantitative estimate of drug-likeness (QED) is 0.741. The number of rotatable bonds is 6. The number of hydrogen-bond acceptors (Lipinski definition) is 3. The Hall–Kier alpha value is -2.38. The summed E-state index contributed by atoms with van der Waals surface area (Å²) in [7, 11) is 0. The Morgan fingerprint density at radius 2 is 1.79 bits per heavy atom. The van der Waals surface area contributed by atoms with Crippen LogP contribution in [-0.2, 0) is 4.79 Å². The van der Waals surface area contributed by atoms with Crippen LogP contribution in [0, 0.1) is 5.92 Å². The number of amides is 2. The summed E-state index contributed by atoms with van der Waals surface area (Å²) >= 11 is 0. The van der Waals surface area contributed by atoms with Gasteiger partial charge >= 0.3 is 12.0 Å². The second-order valence-corrected chi connectivity index (χ2v) is 5.71. The zero-order valence-corrected chi connectivity index (χ0v) is 13.0. The van der Waals surface area contributed by atoms with Gasteiger partial charge in [-0.05, 0) is 49.9 Å². The molecule has 3 N–H and O–H groups in total. The van der Waals surface area contributed by atoms with E-state index in [0.29, 0.717) is 37.1 Å². The molecule has 132 valence electrons. The number of anilines is 1. The molecule has 0 spiro atoms. The molecule has 1 aliphatic rings. The van der Waals surface area contributed by atoms with Crippen LogP contribution < -0.4 is 15.4 Å². The first-order valence-electron chi connectivity index (χ1n) is 7.75. The number of carbonyl (C=O) groups is 2. The van der Waals surface area contributed by atoms with Crippen molar-refractivity contribution in [2.24, 2.45) is 5.92 Å². The lowest BCUT2D eigenvalue weighted by Crippen LogP contribution is -2.40. The zero-order chi connectivity index (χ0) is 17.5. The van der Waals surface area contributed by atoms with Crippen molar-refractivity contribution >= 4 is 17.7 Å². The van der Waals surface area contributed by atoms with Crippen LogP contribution in [0.3, 0.4) is 0 Å². The predicted octanol–water partition coefficient (Wildman–Crippen LogP) is 3.10. The molecular formula is C16H20F2N2O4. The number of halogens is 2. The first-order valence-corrected chi connectivity index (χ1v) is 7.75. The van der Waals surface area contributed by atoms with Gasteiger partial charge in [-0.15, -0.1) is 0 Å². The largest absolute Gasteiger partial charge is 0.488 e. The van der Waals surface area contributed by atoms with Crippen molar-refractivity contribution in [3.63, 3.8) is 0 Å². The molecule has 1 fully saturated rings. The minimum atomic E-state index is -2.54. The van der Waals surface area contributed by atoms with Crippen LogP contribution >= 0.6 is 0 Å². The van der Waals surface area contributed by atoms with Gasteiger partial charge in [0.15, 0.2) is 0 Å². The summed E-state index contributed by atoms with van der Waals surface area (Å²) < 4.78 is 28.9. The van der Waals surface area contributed by atoms with Crippen LogP contribution in [0.1, 0.15) is 25.7 Å². The van der Waals surface area contributed by atoms with Crippen molar-refractivity contribution in [3.05, 3.63) is 24.3 Å². The fourth-order valence-electron chi connectivity index (χ4n) is 2.63. The maximum absolute atomic E-state index is 12.0. The lowest BCUT2D eigenvalue weighted by molar-refractivity contribution is -0.142. The van der Waals surface area contributed by atoms with Crippen molar-refractivity contribution in [1.29, 1.82) is 0 Å². The zero-order valence-electron chi connectivity index (χ0n) is 13.0. The smallest absolute Gasteiger partial charge is 0.319 e. The summed E-state index contributed by atoms with van der Waals surface area (Å²) in [6.45, 7) is -0.674. The first kappa shape index (κ1) is 18.0. The molecule has 24 heavy (non-hydrogen) atoms. The highest BCUT2D eigenvalue weighted by Gasteiger charge is 2.26. The lowest BCUT2D eigenvalue weighted by Gasteiger charge is -2.26. The molecule has 0 heterocycles. The molecule has 0 aromatic heterocycles. The Labute approximate surface area is 138 Å². The number of carboxylic acids is 1. The third kappa shape index (κ3) is 5.68. The van der Waals surface area contributed by atoms with E-state index in [1.54, 1.807) is 12.1 Å². The number of alkyl halides is 2. The van der Waals surface area contributed by atoms with Gasteiger partial charge in [0.1, 0.15) is 12.4 Å². The SMILES string of the molecule is O=C(Nc1ccc(OCC(F)F)cc1)NC1CCC(C(=O)O)CC1. The number of nitrogens with one attached hydrogen (secondary N) is 2. The fourth-order valence-corrected chi connectivity index (χ4v) is 2.63. The molecule has 1 aromatic rings. The molecule has 1 saturated carbocycles. The van der Waals surface area contributed by atoms with E-state index in [1.165, 1.54) is 12.1 Å². The highest BCUT2D eigenvalue weighted by atomic mass is 19.3. The average molecular weight is 342 g/mol. The van der Waals surface area contributed by atoms with Crippen LogP contribution in [0.15, 0.2) is 24.3 Å². The van der Waals surface area contributed by atoms with E-state index in [4.69, 9.17) is 9.84 Å². The second kappa shape index (κ2) is 8.47. The van der Waals surface area contributed by atoms with E-state index < -0.39 is 19.0 Å². The van der Waals surface area contributed by atoms with Gasteiger partial charge in [0.25, 0.3) is 6.43 Å². The van der Waals surface area contributed by atoms with Crippen molar-refractivity contribution < 1.29 is 28.2 Å². The molecule has 1 aromatic carbocycles. The van der Waals surface area contributed by atoms with Gasteiger partial charge in [-0.3, -0.25) is 4.79 Å². The van der Waals surface area contributed by atoms with E-state index in [9.17, 15) is 18.4 Å². The second-order valence-electron chi connectivity index (χ2n) is 5.71. The minimum absolute atomic E-state index is 0.0470. The van der Waals surface area contributed by atoms with Crippen LogP contribution in [0.25, 0.3) is 0 Å². The molecule has 0 atom stereocenters. The van der Waals surface area contributed by atoms with Crippen molar-refractivity contribution in [2.45, 2.75) is 38.2 Å². The standard InChI is InChI=1S/C16H20F2N2O4/c17-14(18)9-24-13-7-5-12(6-8-13)20-16(23)19-11-3-1-10(2-4-11)15(21)22/h5-8,10-11,14H,1-4,9H2,(H,21,22)(H2,19,20,23). The van der Waals surface area contributed by atoms with E-state index in [2.05, 4.69) is 10.6 Å². The molecule has 8 heteroatoms. The molecule has 0 radical (unpaired) electrons. The van der Waals surface area contributed by atoms with Gasteiger partial charge in [-0.25, -0.2) is 13.6 Å². The Bertz CT molecular complexity index is 558. The molecule has 0 aliphatic heterocycles. The molecule has 6 nitrogen and oxygen atoms in total. The van der Waals surface area contributed by atoms with E-state index in [0.717, 1.165) is 0 Å². The molecule has 1 aliphatic carbocycles. The van der Waals surface area contributed by atoms with Crippen LogP contribution in [-0.4, -0.2) is 36.2 Å². The first-order chi connectivity index (χ1) is 11.4. The predicted molar refractivity (Wildman–Crippen MR) is 83.5 cm³/mol. The summed E-state index contributed by atoms with van der Waals surface area (Å²) in [4.78, 5) is 22.8. The van der Waals surface area contributed by atoms with Gasteiger partial charge in [0, 0.05) is 11.7 Å². The van der Waals surface area contributed by atoms with Gasteiger partial charge in [0.2, 0.25) is 0 Å². The number of urea groups is 1. The number of carbonyl (C=O) groups excluding carboxylic acids is 1. The Morgan fingerprint density at radius 3 is 2.33 bits per heavy atom. The van der Waals surface area contributed by atoms with Gasteiger partial charge < -0.3 is 20.5 Å². The van der Waals surface area contributed by atoms with Gasteiger partial charge in [-0.2, -0.15) is 0 Å². The lowest BCUT2D eigenvalue weighted by atomic mass is 9.86. The average Bonchev–Trinajstić information content (AvgIpc) is 2.54. The third-order valence-electron chi connectivity index (χ3n) is 3.90. The number of carboxylic acid groups (broad SMARTS) is 1. The van der Waals surface area contributed by atoms with E-state index >= 15 is 0 Å². The molecule has 0 bridgehead atoms. The number of aliphatic carboxylic acids is 1. The molecule has 2 amide bonds. The molecule has 0 unspecified atom stereocenters. The number of ether oxygens (including phenoxy) is 1. The highest BCUT2D eigenvalue weighted by molar-refractivity contribution is 5.89. The number of hydrogen-bond donors (Lipinski definition) is 3. The summed E-state index contributed by atoms with van der Waals surface area (Å²) in [5.41, 5.74) is 0.510. The summed E-state index contributed by atoms with van der Waals surface area (Å²) in [6, 6.07) is 5.68. The number of benzene rings is 1. The Morgan fingerprint density at radius 1 is 1.17 bits per heavy atom. The highest BCUT2D eigenvalue weighted by Crippen LogP contribution is 2.24. The van der Waals surface area contributed by atoms with Crippen LogP contribution in [0.2, 0.25) is 0 Å². The fraction of sp³-hybridized carbons (Fsp3) is 0.500. The molecule has 0 saturated heterocycles. The summed E-state index contributed by atoms with van der Waals surface area (Å²) in [6.07, 6.45) is -0.174. The normalized spacial score (nSPS) is 20.5. The summed E-state index contributed by atoms with van der Waals surface area (Å²) in [5, 5.41) is 14.4. The van der Waals surface area contributed by atoms with Gasteiger partial charge in [0.05, 0.1) is 5.92 Å². The molecular weight excluding hydrogens is 322 g/mol. The van der Waals surface area contributed by atoms with Gasteiger partial charge in [-0.1, -0.05) is 0 Å². The van der Waals surface area contributed by atoms with E-state index in [1.807, 2.05) is 0 Å². The van der Waals surface area contributed by atoms with Crippen molar-refractivity contribution in [3.8, 4) is 5.75 Å². The Balaban J connectivity index is 1.75. The summed E-state index contributed by atoms with van der Waals surface area (Å²) in [5.74, 6) is -0.813. The van der Waals surface area contributed by atoms with Crippen LogP contribution in [0.5, 0.6) is 5.75 Å². The monoisotopic (exact) mass is 342 g/mol. The topological polar surface area (TPSA) is 87.7 Å². The molecule has 2 rings (SSSR count). The maximum atomic E-state index is 12.0. The van der Waals surface area contributed by atoms with E-state index in [-0.39, 0.29) is 18.0 Å². The van der Waals surface area contributed by atoms with Crippen molar-refractivity contribution in [2.75, 3.05) is 11.9 Å². The van der Waals surface area contributed by atoms with Crippen molar-refractivity contribution in [1.82, 2.24) is 5.32 Å². The minimum Gasteiger partial charge on any atom is -0.488 e. The third-order valence-corrected chi connectivity index (χ3v) is 3.90. The Kier molecular flexibility index (Phi) is 6.34. The van der Waals surface area contributed by atoms with Crippen LogP contribution in [0.4, 0.5) is 19.3 Å². The maximum Gasteiger partial charge on any atom is 0.319 e.